The first-order valence-corrected chi connectivity index (χ1v) is 11.7. The van der Waals surface area contributed by atoms with Crippen LogP contribution in [0.3, 0.4) is 0 Å². The van der Waals surface area contributed by atoms with Crippen LogP contribution in [0.5, 0.6) is 17.2 Å². The van der Waals surface area contributed by atoms with Gasteiger partial charge in [0, 0.05) is 24.7 Å². The first-order valence-electron chi connectivity index (χ1n) is 11.7. The predicted molar refractivity (Wildman–Crippen MR) is 143 cm³/mol. The molecule has 0 bridgehead atoms. The second-order valence-electron chi connectivity index (χ2n) is 8.14. The molecule has 194 valence electrons. The molecule has 0 aromatic heterocycles. The molecule has 9 heteroatoms. The van der Waals surface area contributed by atoms with Gasteiger partial charge < -0.3 is 24.8 Å². The highest BCUT2D eigenvalue weighted by atomic mass is 16.6. The fourth-order valence-electron chi connectivity index (χ4n) is 3.87. The average Bonchev–Trinajstić information content (AvgIpc) is 2.92. The quantitative estimate of drug-likeness (QED) is 0.190. The zero-order chi connectivity index (χ0) is 26.8. The van der Waals surface area contributed by atoms with Crippen molar-refractivity contribution in [1.29, 1.82) is 0 Å². The average molecular weight is 506 g/mol. The van der Waals surface area contributed by atoms with E-state index in [0.29, 0.717) is 23.8 Å². The topological polar surface area (TPSA) is 112 Å². The second-order valence-corrected chi connectivity index (χ2v) is 8.14. The number of para-hydroxylation sites is 2. The highest BCUT2D eigenvalue weighted by Crippen LogP contribution is 2.40. The van der Waals surface area contributed by atoms with Gasteiger partial charge in [0.25, 0.3) is 5.69 Å². The van der Waals surface area contributed by atoms with Crippen molar-refractivity contribution in [3.05, 3.63) is 93.5 Å². The van der Waals surface area contributed by atoms with Crippen LogP contribution in [-0.2, 0) is 11.3 Å². The summed E-state index contributed by atoms with van der Waals surface area (Å²) in [6, 6.07) is 17.8. The normalized spacial score (nSPS) is 11.7. The number of anilines is 1. The molecule has 0 saturated carbocycles. The number of nitro benzene ring substituents is 1. The number of methoxy groups -OCH3 is 3. The maximum atomic E-state index is 12.2. The lowest BCUT2D eigenvalue weighted by Gasteiger charge is -2.21. The molecular weight excluding hydrogens is 474 g/mol. The molecule has 3 aromatic carbocycles. The summed E-state index contributed by atoms with van der Waals surface area (Å²) in [4.78, 5) is 22.8. The number of nitrogens with zero attached hydrogens (tertiary/aromatic N) is 1. The predicted octanol–water partition coefficient (Wildman–Crippen LogP) is 5.51. The Hall–Kier alpha value is -4.37. The number of nitro groups is 1. The number of benzene rings is 3. The SMILES string of the molecule is CCC(NCc1ccc(C=CC(=O)Nc2ccccc2[N+](=O)[O-])cc1)c1cc(OC)c(OC)c(OC)c1. The van der Waals surface area contributed by atoms with Gasteiger partial charge in [0.2, 0.25) is 11.7 Å². The van der Waals surface area contributed by atoms with E-state index in [2.05, 4.69) is 17.6 Å². The minimum atomic E-state index is -0.531. The number of carbonyl (C=O) groups excluding carboxylic acids is 1. The van der Waals surface area contributed by atoms with Gasteiger partial charge in [0.05, 0.1) is 26.3 Å². The van der Waals surface area contributed by atoms with E-state index < -0.39 is 10.8 Å². The van der Waals surface area contributed by atoms with E-state index in [9.17, 15) is 14.9 Å². The van der Waals surface area contributed by atoms with E-state index in [-0.39, 0.29) is 17.4 Å². The Bertz CT molecular complexity index is 1230. The van der Waals surface area contributed by atoms with E-state index in [1.54, 1.807) is 39.5 Å². The summed E-state index contributed by atoms with van der Waals surface area (Å²) in [6.07, 6.45) is 3.86. The highest BCUT2D eigenvalue weighted by Gasteiger charge is 2.18. The molecule has 3 rings (SSSR count). The summed E-state index contributed by atoms with van der Waals surface area (Å²) in [5, 5.41) is 17.2. The Kier molecular flexibility index (Phi) is 9.62. The molecule has 3 aromatic rings. The summed E-state index contributed by atoms with van der Waals surface area (Å²) in [5.74, 6) is 1.33. The van der Waals surface area contributed by atoms with Crippen molar-refractivity contribution in [2.24, 2.45) is 0 Å². The zero-order valence-electron chi connectivity index (χ0n) is 21.3. The first kappa shape index (κ1) is 27.2. The number of amides is 1. The minimum Gasteiger partial charge on any atom is -0.493 e. The fourth-order valence-corrected chi connectivity index (χ4v) is 3.87. The van der Waals surface area contributed by atoms with Crippen molar-refractivity contribution >= 4 is 23.4 Å². The van der Waals surface area contributed by atoms with Crippen LogP contribution in [0.4, 0.5) is 11.4 Å². The van der Waals surface area contributed by atoms with Gasteiger partial charge in [-0.3, -0.25) is 14.9 Å². The van der Waals surface area contributed by atoms with Gasteiger partial charge in [0.1, 0.15) is 5.69 Å². The molecular formula is C28H31N3O6. The van der Waals surface area contributed by atoms with Crippen molar-refractivity contribution in [2.45, 2.75) is 25.9 Å². The highest BCUT2D eigenvalue weighted by molar-refractivity contribution is 6.03. The van der Waals surface area contributed by atoms with Crippen molar-refractivity contribution in [1.82, 2.24) is 5.32 Å². The number of hydrogen-bond donors (Lipinski definition) is 2. The van der Waals surface area contributed by atoms with Crippen molar-refractivity contribution in [2.75, 3.05) is 26.6 Å². The lowest BCUT2D eigenvalue weighted by molar-refractivity contribution is -0.383. The van der Waals surface area contributed by atoms with E-state index >= 15 is 0 Å². The Balaban J connectivity index is 1.62. The summed E-state index contributed by atoms with van der Waals surface area (Å²) in [7, 11) is 4.78. The molecule has 0 aliphatic rings. The summed E-state index contributed by atoms with van der Waals surface area (Å²) in [5.41, 5.74) is 2.94. The molecule has 37 heavy (non-hydrogen) atoms. The summed E-state index contributed by atoms with van der Waals surface area (Å²) >= 11 is 0. The van der Waals surface area contributed by atoms with Crippen molar-refractivity contribution in [3.8, 4) is 17.2 Å². The monoisotopic (exact) mass is 505 g/mol. The molecule has 0 heterocycles. The standard InChI is InChI=1S/C28H31N3O6/c1-5-22(21-16-25(35-2)28(37-4)26(17-21)36-3)29-18-20-12-10-19(11-13-20)14-15-27(32)30-23-8-6-7-9-24(23)31(33)34/h6-17,22,29H,5,18H2,1-4H3,(H,30,32). The molecule has 2 N–H and O–H groups in total. The van der Waals surface area contributed by atoms with Crippen molar-refractivity contribution in [3.63, 3.8) is 0 Å². The van der Waals surface area contributed by atoms with Gasteiger partial charge in [0.15, 0.2) is 11.5 Å². The molecule has 1 amide bonds. The van der Waals surface area contributed by atoms with Gasteiger partial charge in [-0.1, -0.05) is 43.3 Å². The summed E-state index contributed by atoms with van der Waals surface area (Å²) < 4.78 is 16.4. The smallest absolute Gasteiger partial charge is 0.292 e. The maximum Gasteiger partial charge on any atom is 0.292 e. The van der Waals surface area contributed by atoms with Crippen LogP contribution in [0.1, 0.15) is 36.1 Å². The Morgan fingerprint density at radius 3 is 2.22 bits per heavy atom. The third-order valence-electron chi connectivity index (χ3n) is 5.82. The van der Waals surface area contributed by atoms with Crippen molar-refractivity contribution < 1.29 is 23.9 Å². The number of rotatable bonds is 12. The fraction of sp³-hybridized carbons (Fsp3) is 0.250. The van der Waals surface area contributed by atoms with Crippen LogP contribution in [0, 0.1) is 10.1 Å². The molecule has 9 nitrogen and oxygen atoms in total. The molecule has 0 aliphatic carbocycles. The third kappa shape index (κ3) is 7.08. The van der Waals surface area contributed by atoms with E-state index in [1.165, 1.54) is 18.2 Å². The largest absolute Gasteiger partial charge is 0.493 e. The molecule has 0 aliphatic heterocycles. The molecule has 1 atom stereocenters. The van der Waals surface area contributed by atoms with Crippen LogP contribution in [-0.4, -0.2) is 32.2 Å². The van der Waals surface area contributed by atoms with E-state index in [4.69, 9.17) is 14.2 Å². The molecule has 0 spiro atoms. The van der Waals surface area contributed by atoms with Crippen LogP contribution in [0.2, 0.25) is 0 Å². The summed E-state index contributed by atoms with van der Waals surface area (Å²) in [6.45, 7) is 2.74. The Morgan fingerprint density at radius 2 is 1.65 bits per heavy atom. The zero-order valence-corrected chi connectivity index (χ0v) is 21.3. The molecule has 0 radical (unpaired) electrons. The number of ether oxygens (including phenoxy) is 3. The number of nitrogens with one attached hydrogen (secondary N) is 2. The molecule has 0 fully saturated rings. The third-order valence-corrected chi connectivity index (χ3v) is 5.82. The minimum absolute atomic E-state index is 0.0685. The maximum absolute atomic E-state index is 12.2. The van der Waals surface area contributed by atoms with Gasteiger partial charge >= 0.3 is 0 Å². The number of carbonyl (C=O) groups is 1. The van der Waals surface area contributed by atoms with Gasteiger partial charge in [-0.05, 0) is 47.4 Å². The van der Waals surface area contributed by atoms with Crippen LogP contribution in [0.25, 0.3) is 6.08 Å². The Morgan fingerprint density at radius 1 is 1.00 bits per heavy atom. The second kappa shape index (κ2) is 13.1. The molecule has 1 unspecified atom stereocenters. The lowest BCUT2D eigenvalue weighted by Crippen LogP contribution is -2.20. The van der Waals surface area contributed by atoms with E-state index in [0.717, 1.165) is 23.1 Å². The number of hydrogen-bond acceptors (Lipinski definition) is 7. The van der Waals surface area contributed by atoms with Crippen LogP contribution >= 0.6 is 0 Å². The van der Waals surface area contributed by atoms with Crippen LogP contribution < -0.4 is 24.8 Å². The molecule has 0 saturated heterocycles. The van der Waals surface area contributed by atoms with Gasteiger partial charge in [-0.25, -0.2) is 0 Å². The van der Waals surface area contributed by atoms with Crippen LogP contribution in [0.15, 0.2) is 66.7 Å². The lowest BCUT2D eigenvalue weighted by atomic mass is 10.0. The Labute approximate surface area is 216 Å². The van der Waals surface area contributed by atoms with E-state index in [1.807, 2.05) is 36.4 Å². The van der Waals surface area contributed by atoms with Gasteiger partial charge in [-0.2, -0.15) is 0 Å². The van der Waals surface area contributed by atoms with Gasteiger partial charge in [-0.15, -0.1) is 0 Å². The first-order chi connectivity index (χ1) is 17.9.